The lowest BCUT2D eigenvalue weighted by atomic mass is 9.89. The van der Waals surface area contributed by atoms with Crippen LogP contribution in [0.3, 0.4) is 0 Å². The Balaban J connectivity index is 1.96. The molecule has 1 N–H and O–H groups in total. The molecule has 2 amide bonds. The first-order valence-corrected chi connectivity index (χ1v) is 10.6. The number of hydrogen-bond acceptors (Lipinski definition) is 5. The molecule has 8 heteroatoms. The molecule has 7 nitrogen and oxygen atoms in total. The lowest BCUT2D eigenvalue weighted by Gasteiger charge is -2.40. The maximum absolute atomic E-state index is 12.9. The molecule has 0 unspecified atom stereocenters. The number of hydrogen-bond donors (Lipinski definition) is 1. The number of morpholine rings is 1. The fourth-order valence-corrected chi connectivity index (χ4v) is 4.16. The van der Waals surface area contributed by atoms with Crippen LogP contribution in [0.5, 0.6) is 0 Å². The largest absolute Gasteiger partial charge is 0.444 e. The Morgan fingerprint density at radius 3 is 2.53 bits per heavy atom. The highest BCUT2D eigenvalue weighted by atomic mass is 35.5. The molecule has 0 aliphatic carbocycles. The van der Waals surface area contributed by atoms with Crippen LogP contribution >= 0.6 is 11.6 Å². The van der Waals surface area contributed by atoms with Gasteiger partial charge in [-0.05, 0) is 69.9 Å². The van der Waals surface area contributed by atoms with Crippen molar-refractivity contribution in [3.8, 4) is 0 Å². The van der Waals surface area contributed by atoms with Crippen LogP contribution in [0.4, 0.5) is 4.79 Å². The maximum Gasteiger partial charge on any atom is 0.410 e. The zero-order valence-electron chi connectivity index (χ0n) is 18.3. The lowest BCUT2D eigenvalue weighted by molar-refractivity contribution is -0.148. The number of fused-ring (bicyclic) bond motifs is 1. The highest BCUT2D eigenvalue weighted by Crippen LogP contribution is 2.35. The molecule has 2 aliphatic heterocycles. The molecule has 30 heavy (non-hydrogen) atoms. The summed E-state index contributed by atoms with van der Waals surface area (Å²) in [6.07, 6.45) is 0.231. The van der Waals surface area contributed by atoms with Crippen LogP contribution in [-0.2, 0) is 27.2 Å². The molecule has 1 aromatic rings. The molecule has 2 heterocycles. The Kier molecular flexibility index (Phi) is 6.37. The number of nitrogens with zero attached hydrogens (tertiary/aromatic N) is 2. The molecule has 0 aromatic heterocycles. The van der Waals surface area contributed by atoms with E-state index in [-0.39, 0.29) is 11.9 Å². The number of aliphatic hydroxyl groups is 1. The van der Waals surface area contributed by atoms with Gasteiger partial charge in [-0.3, -0.25) is 9.69 Å². The number of carbonyl (C=O) groups excluding carboxylic acids is 2. The highest BCUT2D eigenvalue weighted by molar-refractivity contribution is 6.30. The van der Waals surface area contributed by atoms with E-state index in [9.17, 15) is 14.7 Å². The van der Waals surface area contributed by atoms with E-state index >= 15 is 0 Å². The van der Waals surface area contributed by atoms with Crippen molar-refractivity contribution in [1.29, 1.82) is 0 Å². The van der Waals surface area contributed by atoms with Gasteiger partial charge in [0.2, 0.25) is 0 Å². The third-order valence-electron chi connectivity index (χ3n) is 5.27. The maximum atomic E-state index is 12.9. The van der Waals surface area contributed by atoms with E-state index in [1.807, 2.05) is 32.9 Å². The van der Waals surface area contributed by atoms with Crippen LogP contribution in [0.25, 0.3) is 0 Å². The number of ether oxygens (including phenoxy) is 2. The van der Waals surface area contributed by atoms with Crippen LogP contribution in [-0.4, -0.2) is 64.4 Å². The quantitative estimate of drug-likeness (QED) is 0.766. The van der Waals surface area contributed by atoms with Crippen LogP contribution in [0.1, 0.15) is 57.4 Å². The molecule has 2 aliphatic rings. The minimum atomic E-state index is -1.44. The molecule has 0 bridgehead atoms. The van der Waals surface area contributed by atoms with E-state index in [1.165, 1.54) is 13.8 Å². The van der Waals surface area contributed by atoms with Crippen molar-refractivity contribution in [3.05, 3.63) is 33.8 Å². The number of carbonyl (C=O) groups is 2. The Hall–Kier alpha value is -1.83. The van der Waals surface area contributed by atoms with E-state index in [0.29, 0.717) is 44.3 Å². The molecule has 3 rings (SSSR count). The minimum Gasteiger partial charge on any atom is -0.444 e. The Labute approximate surface area is 182 Å². The second-order valence-corrected chi connectivity index (χ2v) is 9.87. The van der Waals surface area contributed by atoms with Gasteiger partial charge in [-0.1, -0.05) is 11.6 Å². The zero-order chi connectivity index (χ0) is 22.3. The van der Waals surface area contributed by atoms with Crippen molar-refractivity contribution in [2.45, 2.75) is 64.8 Å². The molecular weight excluding hydrogens is 408 g/mol. The van der Waals surface area contributed by atoms with Crippen LogP contribution in [0, 0.1) is 0 Å². The first-order chi connectivity index (χ1) is 13.9. The summed E-state index contributed by atoms with van der Waals surface area (Å²) in [6.45, 7) is 10.5. The van der Waals surface area contributed by atoms with Gasteiger partial charge in [-0.15, -0.1) is 0 Å². The lowest BCUT2D eigenvalue weighted by Crippen LogP contribution is -2.48. The fourth-order valence-electron chi connectivity index (χ4n) is 3.92. The second kappa shape index (κ2) is 8.36. The Morgan fingerprint density at radius 2 is 1.90 bits per heavy atom. The zero-order valence-corrected chi connectivity index (χ0v) is 19.1. The summed E-state index contributed by atoms with van der Waals surface area (Å²) in [5.74, 6) is -0.321. The van der Waals surface area contributed by atoms with Crippen molar-refractivity contribution < 1.29 is 24.2 Å². The van der Waals surface area contributed by atoms with Crippen LogP contribution in [0.2, 0.25) is 5.02 Å². The van der Waals surface area contributed by atoms with Gasteiger partial charge >= 0.3 is 6.09 Å². The minimum absolute atomic E-state index is 0.321. The van der Waals surface area contributed by atoms with Crippen molar-refractivity contribution in [1.82, 2.24) is 9.80 Å². The molecule has 1 fully saturated rings. The van der Waals surface area contributed by atoms with Crippen molar-refractivity contribution in [3.63, 3.8) is 0 Å². The van der Waals surface area contributed by atoms with Gasteiger partial charge < -0.3 is 19.5 Å². The average Bonchev–Trinajstić information content (AvgIpc) is 2.64. The highest BCUT2D eigenvalue weighted by Gasteiger charge is 2.37. The topological polar surface area (TPSA) is 79.3 Å². The Morgan fingerprint density at radius 1 is 1.20 bits per heavy atom. The average molecular weight is 439 g/mol. The molecular formula is C22H31ClN2O5. The van der Waals surface area contributed by atoms with E-state index in [1.54, 1.807) is 9.80 Å². The summed E-state index contributed by atoms with van der Waals surface area (Å²) in [7, 11) is 0. The summed E-state index contributed by atoms with van der Waals surface area (Å²) < 4.78 is 11.3. The van der Waals surface area contributed by atoms with E-state index in [2.05, 4.69) is 0 Å². The van der Waals surface area contributed by atoms with Crippen molar-refractivity contribution in [2.75, 3.05) is 26.3 Å². The standard InChI is InChI=1S/C22H31ClN2O5/c1-21(2,3)30-20(27)25-8-9-29-13-18(25)16-11-15(23)10-14-6-7-24(12-17(14)16)19(26)22(4,5)28/h10-11,18,28H,6-9,12-13H2,1-5H3/t18-/m0/s1. The van der Waals surface area contributed by atoms with Gasteiger partial charge in [0.1, 0.15) is 11.2 Å². The van der Waals surface area contributed by atoms with Gasteiger partial charge in [-0.2, -0.15) is 0 Å². The third kappa shape index (κ3) is 5.07. The molecule has 1 aromatic carbocycles. The van der Waals surface area contributed by atoms with E-state index in [4.69, 9.17) is 21.1 Å². The molecule has 166 valence electrons. The summed E-state index contributed by atoms with van der Waals surface area (Å²) in [6, 6.07) is 3.39. The predicted octanol–water partition coefficient (Wildman–Crippen LogP) is 3.30. The smallest absolute Gasteiger partial charge is 0.410 e. The predicted molar refractivity (Wildman–Crippen MR) is 113 cm³/mol. The molecule has 1 saturated heterocycles. The molecule has 0 saturated carbocycles. The van der Waals surface area contributed by atoms with Crippen LogP contribution < -0.4 is 0 Å². The fraction of sp³-hybridized carbons (Fsp3) is 0.636. The number of halogens is 1. The first-order valence-electron chi connectivity index (χ1n) is 10.3. The summed E-state index contributed by atoms with van der Waals surface area (Å²) >= 11 is 6.41. The third-order valence-corrected chi connectivity index (χ3v) is 5.49. The van der Waals surface area contributed by atoms with Gasteiger partial charge in [0.15, 0.2) is 0 Å². The summed E-state index contributed by atoms with van der Waals surface area (Å²) in [5.41, 5.74) is 0.806. The SMILES string of the molecule is CC(C)(C)OC(=O)N1CCOC[C@H]1c1cc(Cl)cc2c1CN(C(=O)C(C)(C)O)CC2. The number of amides is 2. The van der Waals surface area contributed by atoms with Gasteiger partial charge in [0.25, 0.3) is 5.91 Å². The molecule has 1 atom stereocenters. The number of benzene rings is 1. The van der Waals surface area contributed by atoms with Crippen molar-refractivity contribution in [2.24, 2.45) is 0 Å². The summed E-state index contributed by atoms with van der Waals surface area (Å²) in [4.78, 5) is 28.9. The van der Waals surface area contributed by atoms with Crippen LogP contribution in [0.15, 0.2) is 12.1 Å². The van der Waals surface area contributed by atoms with E-state index < -0.39 is 17.3 Å². The molecule has 0 spiro atoms. The van der Waals surface area contributed by atoms with E-state index in [0.717, 1.165) is 16.7 Å². The first kappa shape index (κ1) is 22.8. The van der Waals surface area contributed by atoms with Crippen molar-refractivity contribution >= 4 is 23.6 Å². The monoisotopic (exact) mass is 438 g/mol. The second-order valence-electron chi connectivity index (χ2n) is 9.43. The van der Waals surface area contributed by atoms with Gasteiger partial charge in [0.05, 0.1) is 19.3 Å². The van der Waals surface area contributed by atoms with Gasteiger partial charge in [-0.25, -0.2) is 4.79 Å². The molecule has 0 radical (unpaired) electrons. The normalized spacial score (nSPS) is 20.0. The number of rotatable bonds is 2. The van der Waals surface area contributed by atoms with Gasteiger partial charge in [0, 0.05) is 24.7 Å². The Bertz CT molecular complexity index is 828. The summed E-state index contributed by atoms with van der Waals surface area (Å²) in [5, 5.41) is 10.8.